The third-order valence-corrected chi connectivity index (χ3v) is 9.39. The van der Waals surface area contributed by atoms with Gasteiger partial charge in [-0.05, 0) is 53.8 Å². The molecule has 1 aliphatic heterocycles. The number of nitrogens with zero attached hydrogens (tertiary/aromatic N) is 1. The van der Waals surface area contributed by atoms with Crippen molar-refractivity contribution in [2.24, 2.45) is 5.41 Å². The number of aliphatic hydroxyl groups is 1. The maximum Gasteiger partial charge on any atom is 0.338 e. The van der Waals surface area contributed by atoms with Crippen molar-refractivity contribution in [3.05, 3.63) is 93.0 Å². The van der Waals surface area contributed by atoms with E-state index in [9.17, 15) is 14.9 Å². The van der Waals surface area contributed by atoms with Crippen LogP contribution < -0.4 is 15.4 Å². The summed E-state index contributed by atoms with van der Waals surface area (Å²) in [6.07, 6.45) is 0.297. The first kappa shape index (κ1) is 42.9. The van der Waals surface area contributed by atoms with Crippen LogP contribution in [0.2, 0.25) is 10.0 Å². The molecule has 3 N–H and O–H groups in total. The molecule has 0 unspecified atom stereocenters. The first-order chi connectivity index (χ1) is 25.8. The fourth-order valence-electron chi connectivity index (χ4n) is 6.57. The van der Waals surface area contributed by atoms with Crippen LogP contribution in [0.4, 0.5) is 14.5 Å². The van der Waals surface area contributed by atoms with Gasteiger partial charge in [-0.3, -0.25) is 4.79 Å². The van der Waals surface area contributed by atoms with Gasteiger partial charge >= 0.3 is 5.97 Å². The molecule has 0 aliphatic carbocycles. The van der Waals surface area contributed by atoms with Gasteiger partial charge in [-0.15, -0.1) is 0 Å². The van der Waals surface area contributed by atoms with E-state index in [2.05, 4.69) is 16.7 Å². The smallest absolute Gasteiger partial charge is 0.338 e. The normalized spacial score (nSPS) is 19.7. The Morgan fingerprint density at radius 2 is 1.63 bits per heavy atom. The Morgan fingerprint density at radius 3 is 2.24 bits per heavy atom. The van der Waals surface area contributed by atoms with Gasteiger partial charge < -0.3 is 39.4 Å². The first-order valence-electron chi connectivity index (χ1n) is 17.3. The van der Waals surface area contributed by atoms with Gasteiger partial charge in [-0.2, -0.15) is 5.26 Å². The molecule has 1 saturated heterocycles. The van der Waals surface area contributed by atoms with Crippen LogP contribution in [0.15, 0.2) is 54.6 Å². The Hall–Kier alpha value is -3.87. The molecule has 0 saturated carbocycles. The molecule has 0 aromatic heterocycles. The number of aliphatic hydroxyl groups excluding tert-OH is 1. The van der Waals surface area contributed by atoms with Crippen LogP contribution in [0, 0.1) is 28.4 Å². The fraction of sp³-hybridized carbons (Fsp3) is 0.462. The number of hydrogen-bond acceptors (Lipinski definition) is 10. The number of anilines is 1. The third kappa shape index (κ3) is 10.5. The minimum absolute atomic E-state index is 0.0291. The monoisotopic (exact) mass is 791 g/mol. The van der Waals surface area contributed by atoms with Gasteiger partial charge in [0, 0.05) is 22.5 Å². The van der Waals surface area contributed by atoms with Crippen molar-refractivity contribution < 1.29 is 47.2 Å². The number of ether oxygens (including phenoxy) is 5. The van der Waals surface area contributed by atoms with E-state index in [-0.39, 0.29) is 71.2 Å². The minimum Gasteiger partial charge on any atom is -0.495 e. The Kier molecular flexibility index (Phi) is 15.6. The van der Waals surface area contributed by atoms with Gasteiger partial charge in [0.05, 0.1) is 81.7 Å². The summed E-state index contributed by atoms with van der Waals surface area (Å²) < 4.78 is 58.6. The highest BCUT2D eigenvalue weighted by Crippen LogP contribution is 2.53. The van der Waals surface area contributed by atoms with Gasteiger partial charge in [0.2, 0.25) is 5.91 Å². The Labute approximate surface area is 323 Å². The predicted molar refractivity (Wildman–Crippen MR) is 199 cm³/mol. The molecule has 1 amide bonds. The molecule has 1 aliphatic rings. The fourth-order valence-corrected chi connectivity index (χ4v) is 6.91. The quantitative estimate of drug-likeness (QED) is 0.0972. The SMILES string of the molecule is COc1cc(C(=O)OCCOCCOCCOCCO)ccc1NC(=O)[C@@H]1N[C@@H](CC(C)(C)C)[C@](C#N)(c2ccc(Cl)cc2F)[C@H]1c1cccc(Cl)c1F. The van der Waals surface area contributed by atoms with Crippen molar-refractivity contribution in [2.75, 3.05) is 65.3 Å². The summed E-state index contributed by atoms with van der Waals surface area (Å²) >= 11 is 12.4. The number of carbonyl (C=O) groups is 2. The molecular weight excluding hydrogens is 747 g/mol. The number of halogens is 4. The number of esters is 1. The van der Waals surface area contributed by atoms with E-state index in [1.807, 2.05) is 20.8 Å². The standard InChI is InChI=1S/C39H45Cl2F2N3O8/c1-38(2,3)22-32-39(23-44,27-10-9-25(40)21-29(27)42)33(26-6-5-7-28(41)34(26)43)35(46-32)36(48)45-30-11-8-24(20-31(30)50-4)37(49)54-19-18-53-17-16-52-15-14-51-13-12-47/h5-11,20-21,32-33,35,46-47H,12-19,22H2,1-4H3,(H,45,48)/t32-,33-,35+,39-/m0/s1. The minimum atomic E-state index is -1.81. The Bertz CT molecular complexity index is 1800. The lowest BCUT2D eigenvalue weighted by Gasteiger charge is -2.37. The average Bonchev–Trinajstić information content (AvgIpc) is 3.44. The number of nitrogens with one attached hydrogen (secondary N) is 2. The van der Waals surface area contributed by atoms with E-state index >= 15 is 8.78 Å². The van der Waals surface area contributed by atoms with Gasteiger partial charge in [0.25, 0.3) is 0 Å². The lowest BCUT2D eigenvalue weighted by Crippen LogP contribution is -2.45. The maximum atomic E-state index is 16.0. The van der Waals surface area contributed by atoms with Crippen LogP contribution in [0.3, 0.4) is 0 Å². The molecule has 54 heavy (non-hydrogen) atoms. The number of benzene rings is 3. The molecular formula is C39H45Cl2F2N3O8. The van der Waals surface area contributed by atoms with Gasteiger partial charge in [0.1, 0.15) is 29.4 Å². The van der Waals surface area contributed by atoms with E-state index < -0.39 is 52.3 Å². The molecule has 4 rings (SSSR count). The molecule has 0 spiro atoms. The predicted octanol–water partition coefficient (Wildman–Crippen LogP) is 6.44. The van der Waals surface area contributed by atoms with Crippen LogP contribution in [0.25, 0.3) is 0 Å². The van der Waals surface area contributed by atoms with Crippen LogP contribution in [-0.4, -0.2) is 89.0 Å². The topological polar surface area (TPSA) is 148 Å². The van der Waals surface area contributed by atoms with Crippen molar-refractivity contribution in [1.82, 2.24) is 5.32 Å². The average molecular weight is 793 g/mol. The highest BCUT2D eigenvalue weighted by Gasteiger charge is 2.61. The van der Waals surface area contributed by atoms with E-state index in [1.54, 1.807) is 0 Å². The molecule has 0 radical (unpaired) electrons. The van der Waals surface area contributed by atoms with Crippen molar-refractivity contribution in [3.63, 3.8) is 0 Å². The molecule has 3 aromatic carbocycles. The number of amides is 1. The van der Waals surface area contributed by atoms with Gasteiger partial charge in [-0.1, -0.05) is 62.2 Å². The van der Waals surface area contributed by atoms with Crippen molar-refractivity contribution >= 4 is 40.8 Å². The maximum absolute atomic E-state index is 16.0. The molecule has 15 heteroatoms. The molecule has 11 nitrogen and oxygen atoms in total. The molecule has 4 atom stereocenters. The van der Waals surface area contributed by atoms with Crippen LogP contribution in [0.5, 0.6) is 5.75 Å². The highest BCUT2D eigenvalue weighted by molar-refractivity contribution is 6.31. The third-order valence-electron chi connectivity index (χ3n) is 8.87. The summed E-state index contributed by atoms with van der Waals surface area (Å²) in [6, 6.07) is 12.7. The summed E-state index contributed by atoms with van der Waals surface area (Å²) in [6.45, 7) is 7.44. The summed E-state index contributed by atoms with van der Waals surface area (Å²) in [4.78, 5) is 27.2. The summed E-state index contributed by atoms with van der Waals surface area (Å²) in [7, 11) is 1.36. The first-order valence-corrected chi connectivity index (χ1v) is 18.1. The van der Waals surface area contributed by atoms with Crippen molar-refractivity contribution in [3.8, 4) is 11.8 Å². The highest BCUT2D eigenvalue weighted by atomic mass is 35.5. The number of carbonyl (C=O) groups excluding carboxylic acids is 2. The molecule has 3 aromatic rings. The zero-order chi connectivity index (χ0) is 39.5. The number of rotatable bonds is 18. The number of hydrogen-bond donors (Lipinski definition) is 3. The van der Waals surface area contributed by atoms with E-state index in [4.69, 9.17) is 52.0 Å². The van der Waals surface area contributed by atoms with Crippen LogP contribution in [-0.2, 0) is 29.2 Å². The molecule has 1 heterocycles. The second-order valence-corrected chi connectivity index (χ2v) is 14.6. The van der Waals surface area contributed by atoms with Crippen LogP contribution in [0.1, 0.15) is 54.6 Å². The second kappa shape index (κ2) is 19.6. The summed E-state index contributed by atoms with van der Waals surface area (Å²) in [5.41, 5.74) is -2.00. The lowest BCUT2D eigenvalue weighted by molar-refractivity contribution is -0.118. The van der Waals surface area contributed by atoms with Gasteiger partial charge in [-0.25, -0.2) is 13.6 Å². The van der Waals surface area contributed by atoms with Crippen LogP contribution >= 0.6 is 23.2 Å². The lowest BCUT2D eigenvalue weighted by atomic mass is 9.62. The largest absolute Gasteiger partial charge is 0.495 e. The molecule has 1 fully saturated rings. The summed E-state index contributed by atoms with van der Waals surface area (Å²) in [5.74, 6) is -4.09. The van der Waals surface area contributed by atoms with Crippen molar-refractivity contribution in [1.29, 1.82) is 5.26 Å². The number of methoxy groups -OCH3 is 1. The number of nitriles is 1. The van der Waals surface area contributed by atoms with Crippen molar-refractivity contribution in [2.45, 2.75) is 50.6 Å². The second-order valence-electron chi connectivity index (χ2n) is 13.8. The zero-order valence-electron chi connectivity index (χ0n) is 30.6. The Morgan fingerprint density at radius 1 is 0.963 bits per heavy atom. The van der Waals surface area contributed by atoms with Gasteiger partial charge in [0.15, 0.2) is 0 Å². The van der Waals surface area contributed by atoms with E-state index in [0.29, 0.717) is 26.2 Å². The van der Waals surface area contributed by atoms with E-state index in [0.717, 1.165) is 6.07 Å². The molecule has 0 bridgehead atoms. The summed E-state index contributed by atoms with van der Waals surface area (Å²) in [5, 5.41) is 25.7. The van der Waals surface area contributed by atoms with E-state index in [1.165, 1.54) is 55.6 Å². The molecule has 292 valence electrons. The Balaban J connectivity index is 1.57. The zero-order valence-corrected chi connectivity index (χ0v) is 32.1.